The van der Waals surface area contributed by atoms with Crippen molar-refractivity contribution in [3.05, 3.63) is 46.8 Å². The van der Waals surface area contributed by atoms with Crippen LogP contribution in [0.4, 0.5) is 5.95 Å². The Bertz CT molecular complexity index is 663. The van der Waals surface area contributed by atoms with Crippen molar-refractivity contribution >= 4 is 5.95 Å². The fraction of sp³-hybridized carbons (Fsp3) is 0.375. The molecule has 0 atom stereocenters. The second-order valence-corrected chi connectivity index (χ2v) is 5.53. The molecule has 2 aromatic rings. The van der Waals surface area contributed by atoms with E-state index in [9.17, 15) is 4.79 Å². The number of rotatable bonds is 4. The Morgan fingerprint density at radius 2 is 1.95 bits per heavy atom. The molecule has 1 saturated heterocycles. The summed E-state index contributed by atoms with van der Waals surface area (Å²) in [5.41, 5.74) is 1.51. The topological polar surface area (TPSA) is 73.7 Å². The monoisotopic (exact) mass is 301 g/mol. The van der Waals surface area contributed by atoms with E-state index in [1.54, 1.807) is 0 Å². The van der Waals surface area contributed by atoms with Crippen molar-refractivity contribution in [1.29, 1.82) is 0 Å². The lowest BCUT2D eigenvalue weighted by Crippen LogP contribution is -3.15. The zero-order valence-electron chi connectivity index (χ0n) is 12.5. The first-order valence-corrected chi connectivity index (χ1v) is 7.62. The van der Waals surface area contributed by atoms with Crippen molar-refractivity contribution in [3.63, 3.8) is 0 Å². The molecular weight excluding hydrogens is 280 g/mol. The van der Waals surface area contributed by atoms with Gasteiger partial charge in [0.2, 0.25) is 5.95 Å². The SMILES string of the molecule is O=c1cc(-c2ccccc2)nc(N2CC[NH+](CCO)CC2)[nH]1. The van der Waals surface area contributed by atoms with Crippen molar-refractivity contribution in [1.82, 2.24) is 9.97 Å². The number of aromatic amines is 1. The van der Waals surface area contributed by atoms with Crippen LogP contribution < -0.4 is 15.4 Å². The van der Waals surface area contributed by atoms with Crippen LogP contribution in [-0.2, 0) is 0 Å². The predicted molar refractivity (Wildman–Crippen MR) is 85.2 cm³/mol. The van der Waals surface area contributed by atoms with Crippen LogP contribution >= 0.6 is 0 Å². The summed E-state index contributed by atoms with van der Waals surface area (Å²) >= 11 is 0. The third-order valence-corrected chi connectivity index (χ3v) is 4.03. The standard InChI is InChI=1S/C16H20N4O2/c21-11-10-19-6-8-20(9-7-19)16-17-14(12-15(22)18-16)13-4-2-1-3-5-13/h1-5,12,21H,6-11H2,(H,17,18,22)/p+1. The number of nitrogens with zero attached hydrogens (tertiary/aromatic N) is 2. The van der Waals surface area contributed by atoms with Gasteiger partial charge in [0.05, 0.1) is 38.5 Å². The number of aliphatic hydroxyl groups excluding tert-OH is 1. The van der Waals surface area contributed by atoms with E-state index in [-0.39, 0.29) is 12.2 Å². The van der Waals surface area contributed by atoms with Gasteiger partial charge in [-0.05, 0) is 0 Å². The predicted octanol–water partition coefficient (Wildman–Crippen LogP) is -0.866. The van der Waals surface area contributed by atoms with Gasteiger partial charge in [-0.25, -0.2) is 4.98 Å². The molecule has 3 N–H and O–H groups in total. The molecule has 0 bridgehead atoms. The number of piperazine rings is 1. The highest BCUT2D eigenvalue weighted by Gasteiger charge is 2.21. The maximum absolute atomic E-state index is 11.9. The van der Waals surface area contributed by atoms with Crippen molar-refractivity contribution in [2.75, 3.05) is 44.2 Å². The number of benzene rings is 1. The Morgan fingerprint density at radius 3 is 2.64 bits per heavy atom. The maximum atomic E-state index is 11.9. The Kier molecular flexibility index (Phi) is 4.50. The molecule has 1 aromatic carbocycles. The van der Waals surface area contributed by atoms with E-state index >= 15 is 0 Å². The van der Waals surface area contributed by atoms with E-state index in [0.717, 1.165) is 38.3 Å². The lowest BCUT2D eigenvalue weighted by atomic mass is 10.1. The van der Waals surface area contributed by atoms with Crippen molar-refractivity contribution in [2.45, 2.75) is 0 Å². The van der Waals surface area contributed by atoms with Crippen LogP contribution in [0.25, 0.3) is 11.3 Å². The van der Waals surface area contributed by atoms with Crippen molar-refractivity contribution in [2.24, 2.45) is 0 Å². The summed E-state index contributed by atoms with van der Waals surface area (Å²) in [5, 5.41) is 9.01. The molecule has 3 rings (SSSR count). The summed E-state index contributed by atoms with van der Waals surface area (Å²) in [5.74, 6) is 0.634. The molecule has 1 fully saturated rings. The van der Waals surface area contributed by atoms with Crippen molar-refractivity contribution < 1.29 is 10.0 Å². The van der Waals surface area contributed by atoms with Gasteiger partial charge in [0.1, 0.15) is 6.54 Å². The van der Waals surface area contributed by atoms with Gasteiger partial charge in [0, 0.05) is 11.6 Å². The van der Waals surface area contributed by atoms with Gasteiger partial charge in [-0.3, -0.25) is 9.78 Å². The Morgan fingerprint density at radius 1 is 1.23 bits per heavy atom. The molecule has 0 aliphatic carbocycles. The van der Waals surface area contributed by atoms with Crippen LogP contribution in [0.3, 0.4) is 0 Å². The van der Waals surface area contributed by atoms with Gasteiger partial charge in [-0.1, -0.05) is 30.3 Å². The molecule has 0 saturated carbocycles. The maximum Gasteiger partial charge on any atom is 0.252 e. The number of aromatic nitrogens is 2. The highest BCUT2D eigenvalue weighted by molar-refractivity contribution is 5.59. The van der Waals surface area contributed by atoms with Gasteiger partial charge in [0.15, 0.2) is 0 Å². The molecule has 22 heavy (non-hydrogen) atoms. The lowest BCUT2D eigenvalue weighted by Gasteiger charge is -2.32. The van der Waals surface area contributed by atoms with Crippen LogP contribution in [-0.4, -0.2) is 54.4 Å². The molecule has 0 amide bonds. The van der Waals surface area contributed by atoms with E-state index in [2.05, 4.69) is 14.9 Å². The smallest absolute Gasteiger partial charge is 0.252 e. The number of H-pyrrole nitrogens is 1. The number of hydrogen-bond acceptors (Lipinski definition) is 4. The van der Waals surface area contributed by atoms with Crippen LogP contribution in [0.5, 0.6) is 0 Å². The number of quaternary nitrogens is 1. The molecular formula is C16H21N4O2+. The Balaban J connectivity index is 1.81. The van der Waals surface area contributed by atoms with E-state index in [0.29, 0.717) is 11.6 Å². The molecule has 1 aromatic heterocycles. The fourth-order valence-electron chi connectivity index (χ4n) is 2.79. The van der Waals surface area contributed by atoms with Crippen LogP contribution in [0, 0.1) is 0 Å². The highest BCUT2D eigenvalue weighted by Crippen LogP contribution is 2.16. The first-order chi connectivity index (χ1) is 10.8. The van der Waals surface area contributed by atoms with Gasteiger partial charge in [-0.15, -0.1) is 0 Å². The minimum Gasteiger partial charge on any atom is -0.391 e. The summed E-state index contributed by atoms with van der Waals surface area (Å²) < 4.78 is 0. The number of hydrogen-bond donors (Lipinski definition) is 3. The summed E-state index contributed by atoms with van der Waals surface area (Å²) in [6.07, 6.45) is 0. The largest absolute Gasteiger partial charge is 0.391 e. The average Bonchev–Trinajstić information content (AvgIpc) is 2.56. The first kappa shape index (κ1) is 14.7. The number of aliphatic hydroxyl groups is 1. The van der Waals surface area contributed by atoms with E-state index in [1.807, 2.05) is 30.3 Å². The molecule has 0 spiro atoms. The van der Waals surface area contributed by atoms with Gasteiger partial charge in [0.25, 0.3) is 5.56 Å². The number of nitrogens with one attached hydrogen (secondary N) is 2. The normalized spacial score (nSPS) is 16.0. The fourth-order valence-corrected chi connectivity index (χ4v) is 2.79. The van der Waals surface area contributed by atoms with E-state index < -0.39 is 0 Å². The van der Waals surface area contributed by atoms with Gasteiger partial charge >= 0.3 is 0 Å². The van der Waals surface area contributed by atoms with Gasteiger partial charge < -0.3 is 14.9 Å². The van der Waals surface area contributed by atoms with Crippen LogP contribution in [0.15, 0.2) is 41.2 Å². The zero-order chi connectivity index (χ0) is 15.4. The average molecular weight is 301 g/mol. The van der Waals surface area contributed by atoms with Gasteiger partial charge in [-0.2, -0.15) is 0 Å². The summed E-state index contributed by atoms with van der Waals surface area (Å²) in [6.45, 7) is 4.54. The molecule has 6 nitrogen and oxygen atoms in total. The Labute approximate surface area is 129 Å². The molecule has 2 heterocycles. The van der Waals surface area contributed by atoms with E-state index in [4.69, 9.17) is 5.11 Å². The lowest BCUT2D eigenvalue weighted by molar-refractivity contribution is -0.900. The molecule has 0 radical (unpaired) electrons. The van der Waals surface area contributed by atoms with Crippen molar-refractivity contribution in [3.8, 4) is 11.3 Å². The minimum absolute atomic E-state index is 0.131. The molecule has 116 valence electrons. The summed E-state index contributed by atoms with van der Waals surface area (Å²) in [6, 6.07) is 11.3. The first-order valence-electron chi connectivity index (χ1n) is 7.62. The van der Waals surface area contributed by atoms with Crippen LogP contribution in [0.2, 0.25) is 0 Å². The summed E-state index contributed by atoms with van der Waals surface area (Å²) in [4.78, 5) is 22.9. The molecule has 6 heteroatoms. The highest BCUT2D eigenvalue weighted by atomic mass is 16.3. The second-order valence-electron chi connectivity index (χ2n) is 5.53. The molecule has 1 aliphatic rings. The summed E-state index contributed by atoms with van der Waals surface area (Å²) in [7, 11) is 0. The van der Waals surface area contributed by atoms with Crippen LogP contribution in [0.1, 0.15) is 0 Å². The Hall–Kier alpha value is -2.18. The quantitative estimate of drug-likeness (QED) is 0.687. The molecule has 1 aliphatic heterocycles. The molecule has 0 unspecified atom stereocenters. The third-order valence-electron chi connectivity index (χ3n) is 4.03. The van der Waals surface area contributed by atoms with E-state index in [1.165, 1.54) is 11.0 Å². The number of anilines is 1. The second kappa shape index (κ2) is 6.72. The minimum atomic E-state index is -0.131. The zero-order valence-corrected chi connectivity index (χ0v) is 12.5. The third kappa shape index (κ3) is 3.35.